The highest BCUT2D eigenvalue weighted by molar-refractivity contribution is 7.89. The standard InChI is InChI=1S/C16H20N2O2S/c1-10-2-5-12(6-3-10)21(19,20)18-17-16-9-14-11-4-7-13(14)15(16)8-11/h2-3,5-6,11,13-15,18H,4,7-9H2,1H3/b17-16+/t11-,13+,14-,15+/m1/s1. The highest BCUT2D eigenvalue weighted by Crippen LogP contribution is 2.59. The number of hydrogen-bond acceptors (Lipinski definition) is 3. The van der Waals surface area contributed by atoms with Crippen LogP contribution in [0.2, 0.25) is 0 Å². The van der Waals surface area contributed by atoms with Crippen LogP contribution in [0.4, 0.5) is 0 Å². The molecule has 3 aliphatic carbocycles. The van der Waals surface area contributed by atoms with Crippen LogP contribution in [0.25, 0.3) is 0 Å². The van der Waals surface area contributed by atoms with Crippen molar-refractivity contribution in [3.63, 3.8) is 0 Å². The van der Waals surface area contributed by atoms with Crippen molar-refractivity contribution in [3.8, 4) is 0 Å². The SMILES string of the molecule is Cc1ccc(S(=O)(=O)N/N=C2\C[C@@H]3[C@@H]4CC[C@@H]3[C@@H]2C4)cc1. The first-order valence-corrected chi connectivity index (χ1v) is 9.18. The Bertz CT molecular complexity index is 693. The molecule has 1 N–H and O–H groups in total. The third kappa shape index (κ3) is 2.09. The molecule has 21 heavy (non-hydrogen) atoms. The Hall–Kier alpha value is -1.36. The van der Waals surface area contributed by atoms with Crippen LogP contribution in [0.5, 0.6) is 0 Å². The first kappa shape index (κ1) is 13.3. The summed E-state index contributed by atoms with van der Waals surface area (Å²) >= 11 is 0. The molecule has 0 aromatic heterocycles. The number of sulfonamides is 1. The molecule has 4 bridgehead atoms. The monoisotopic (exact) mass is 304 g/mol. The van der Waals surface area contributed by atoms with Gasteiger partial charge in [-0.05, 0) is 62.5 Å². The summed E-state index contributed by atoms with van der Waals surface area (Å²) in [6.45, 7) is 1.94. The third-order valence-corrected chi connectivity index (χ3v) is 6.84. The lowest BCUT2D eigenvalue weighted by molar-refractivity contribution is 0.408. The smallest absolute Gasteiger partial charge is 0.200 e. The van der Waals surface area contributed by atoms with Crippen LogP contribution >= 0.6 is 0 Å². The van der Waals surface area contributed by atoms with Gasteiger partial charge in [0.25, 0.3) is 10.0 Å². The van der Waals surface area contributed by atoms with E-state index in [4.69, 9.17) is 0 Å². The number of rotatable bonds is 3. The van der Waals surface area contributed by atoms with Crippen molar-refractivity contribution < 1.29 is 8.42 Å². The van der Waals surface area contributed by atoms with Gasteiger partial charge in [-0.1, -0.05) is 17.7 Å². The number of hydrogen-bond donors (Lipinski definition) is 1. The molecule has 4 nitrogen and oxygen atoms in total. The van der Waals surface area contributed by atoms with E-state index in [1.807, 2.05) is 6.92 Å². The molecule has 3 fully saturated rings. The average Bonchev–Trinajstić information content (AvgIpc) is 3.12. The van der Waals surface area contributed by atoms with Gasteiger partial charge in [0.15, 0.2) is 0 Å². The second-order valence-electron chi connectivity index (χ2n) is 6.72. The van der Waals surface area contributed by atoms with Crippen molar-refractivity contribution in [2.75, 3.05) is 0 Å². The van der Waals surface area contributed by atoms with Gasteiger partial charge in [0, 0.05) is 11.6 Å². The predicted octanol–water partition coefficient (Wildman–Crippen LogP) is 2.70. The fourth-order valence-corrected chi connectivity index (χ4v) is 5.43. The van der Waals surface area contributed by atoms with Crippen molar-refractivity contribution >= 4 is 15.7 Å². The Morgan fingerprint density at radius 1 is 1.14 bits per heavy atom. The van der Waals surface area contributed by atoms with Crippen LogP contribution in [0, 0.1) is 30.6 Å². The van der Waals surface area contributed by atoms with E-state index in [1.165, 1.54) is 19.3 Å². The summed E-state index contributed by atoms with van der Waals surface area (Å²) in [4.78, 5) is 2.72. The van der Waals surface area contributed by atoms with E-state index in [0.29, 0.717) is 5.92 Å². The topological polar surface area (TPSA) is 58.5 Å². The predicted molar refractivity (Wildman–Crippen MR) is 81.4 cm³/mol. The minimum absolute atomic E-state index is 0.280. The molecule has 112 valence electrons. The molecule has 1 aromatic carbocycles. The van der Waals surface area contributed by atoms with Crippen LogP contribution in [0.15, 0.2) is 34.3 Å². The number of nitrogens with one attached hydrogen (secondary N) is 1. The molecule has 0 aliphatic heterocycles. The Balaban J connectivity index is 1.52. The molecule has 3 saturated carbocycles. The second-order valence-corrected chi connectivity index (χ2v) is 8.38. The highest BCUT2D eigenvalue weighted by atomic mass is 32.2. The van der Waals surface area contributed by atoms with Crippen LogP contribution in [-0.4, -0.2) is 14.1 Å². The molecule has 0 heterocycles. The molecule has 5 heteroatoms. The molecule has 4 atom stereocenters. The van der Waals surface area contributed by atoms with Gasteiger partial charge in [0.05, 0.1) is 4.90 Å². The van der Waals surface area contributed by atoms with Gasteiger partial charge in [-0.25, -0.2) is 4.83 Å². The van der Waals surface area contributed by atoms with Crippen LogP contribution in [0.1, 0.15) is 31.2 Å². The van der Waals surface area contributed by atoms with E-state index in [0.717, 1.165) is 35.4 Å². The van der Waals surface area contributed by atoms with Gasteiger partial charge < -0.3 is 0 Å². The molecular formula is C16H20N2O2S. The second kappa shape index (κ2) is 4.57. The summed E-state index contributed by atoms with van der Waals surface area (Å²) in [6.07, 6.45) is 4.90. The maximum Gasteiger partial charge on any atom is 0.276 e. The summed E-state index contributed by atoms with van der Waals surface area (Å²) in [5.41, 5.74) is 2.13. The lowest BCUT2D eigenvalue weighted by atomic mass is 9.84. The fraction of sp³-hybridized carbons (Fsp3) is 0.562. The quantitative estimate of drug-likeness (QED) is 0.873. The lowest BCUT2D eigenvalue weighted by Gasteiger charge is -2.22. The van der Waals surface area contributed by atoms with Crippen molar-refractivity contribution in [2.24, 2.45) is 28.8 Å². The van der Waals surface area contributed by atoms with Gasteiger partial charge in [0.2, 0.25) is 0 Å². The average molecular weight is 304 g/mol. The first-order valence-electron chi connectivity index (χ1n) is 7.69. The molecule has 0 saturated heterocycles. The molecule has 1 aromatic rings. The zero-order valence-corrected chi connectivity index (χ0v) is 12.9. The van der Waals surface area contributed by atoms with Crippen LogP contribution < -0.4 is 4.83 Å². The van der Waals surface area contributed by atoms with Gasteiger partial charge in [-0.3, -0.25) is 0 Å². The summed E-state index contributed by atoms with van der Waals surface area (Å²) in [5.74, 6) is 2.97. The Kier molecular flexibility index (Phi) is 2.89. The molecular weight excluding hydrogens is 284 g/mol. The Labute approximate surface area is 125 Å². The minimum Gasteiger partial charge on any atom is -0.200 e. The van der Waals surface area contributed by atoms with Gasteiger partial charge in [0.1, 0.15) is 0 Å². The summed E-state index contributed by atoms with van der Waals surface area (Å²) in [5, 5.41) is 4.27. The zero-order chi connectivity index (χ0) is 14.6. The summed E-state index contributed by atoms with van der Waals surface area (Å²) in [6, 6.07) is 6.86. The molecule has 0 amide bonds. The number of hydrazone groups is 1. The van der Waals surface area contributed by atoms with Gasteiger partial charge in [-0.2, -0.15) is 13.5 Å². The summed E-state index contributed by atoms with van der Waals surface area (Å²) < 4.78 is 24.5. The van der Waals surface area contributed by atoms with E-state index in [2.05, 4.69) is 9.93 Å². The Morgan fingerprint density at radius 3 is 2.57 bits per heavy atom. The lowest BCUT2D eigenvalue weighted by Crippen LogP contribution is -2.25. The minimum atomic E-state index is -3.53. The molecule has 3 aliphatic rings. The van der Waals surface area contributed by atoms with E-state index >= 15 is 0 Å². The van der Waals surface area contributed by atoms with Gasteiger partial charge in [-0.15, -0.1) is 0 Å². The molecule has 0 radical (unpaired) electrons. The molecule has 0 unspecified atom stereocenters. The van der Waals surface area contributed by atoms with Gasteiger partial charge >= 0.3 is 0 Å². The van der Waals surface area contributed by atoms with Crippen LogP contribution in [-0.2, 0) is 10.0 Å². The van der Waals surface area contributed by atoms with E-state index in [9.17, 15) is 8.42 Å². The number of aryl methyl sites for hydroxylation is 1. The van der Waals surface area contributed by atoms with Crippen molar-refractivity contribution in [3.05, 3.63) is 29.8 Å². The maximum absolute atomic E-state index is 12.2. The van der Waals surface area contributed by atoms with Crippen LogP contribution in [0.3, 0.4) is 0 Å². The van der Waals surface area contributed by atoms with E-state index in [-0.39, 0.29) is 4.90 Å². The fourth-order valence-electron chi connectivity index (χ4n) is 4.59. The number of benzene rings is 1. The zero-order valence-electron chi connectivity index (χ0n) is 12.1. The molecule has 0 spiro atoms. The van der Waals surface area contributed by atoms with Crippen molar-refractivity contribution in [1.29, 1.82) is 0 Å². The molecule has 4 rings (SSSR count). The third-order valence-electron chi connectivity index (χ3n) is 5.61. The van der Waals surface area contributed by atoms with E-state index < -0.39 is 10.0 Å². The van der Waals surface area contributed by atoms with Crippen molar-refractivity contribution in [1.82, 2.24) is 4.83 Å². The summed E-state index contributed by atoms with van der Waals surface area (Å²) in [7, 11) is -3.53. The van der Waals surface area contributed by atoms with Crippen molar-refractivity contribution in [2.45, 2.75) is 37.5 Å². The largest absolute Gasteiger partial charge is 0.276 e. The number of nitrogens with zero attached hydrogens (tertiary/aromatic N) is 1. The normalized spacial score (nSPS) is 35.6. The maximum atomic E-state index is 12.2. The first-order chi connectivity index (χ1) is 10.0. The van der Waals surface area contributed by atoms with E-state index in [1.54, 1.807) is 24.3 Å². The highest BCUT2D eigenvalue weighted by Gasteiger charge is 2.55. The Morgan fingerprint density at radius 2 is 1.90 bits per heavy atom.